The molecule has 2 rings (SSSR count). The first-order chi connectivity index (χ1) is 6.34. The number of hydrogen-bond donors (Lipinski definition) is 0. The summed E-state index contributed by atoms with van der Waals surface area (Å²) in [6.07, 6.45) is 7.42. The lowest BCUT2D eigenvalue weighted by atomic mass is 9.89. The monoisotopic (exact) mass is 182 g/mol. The summed E-state index contributed by atoms with van der Waals surface area (Å²) in [5, 5.41) is 0. The fourth-order valence-corrected chi connectivity index (χ4v) is 2.68. The molecule has 2 fully saturated rings. The van der Waals surface area contributed by atoms with Crippen LogP contribution < -0.4 is 0 Å². The molecule has 1 aliphatic heterocycles. The summed E-state index contributed by atoms with van der Waals surface area (Å²) >= 11 is 0. The average molecular weight is 182 g/mol. The first-order valence-corrected chi connectivity index (χ1v) is 5.75. The average Bonchev–Trinajstić information content (AvgIpc) is 2.53. The number of likely N-dealkylation sites (N-methyl/N-ethyl adjacent to an activating group) is 1. The van der Waals surface area contributed by atoms with Gasteiger partial charge in [-0.25, -0.2) is 0 Å². The van der Waals surface area contributed by atoms with Crippen LogP contribution in [0.1, 0.15) is 32.1 Å². The molecule has 0 amide bonds. The van der Waals surface area contributed by atoms with Crippen molar-refractivity contribution in [1.29, 1.82) is 0 Å². The van der Waals surface area contributed by atoms with E-state index in [1.807, 2.05) is 0 Å². The van der Waals surface area contributed by atoms with Gasteiger partial charge in [-0.05, 0) is 25.8 Å². The normalized spacial score (nSPS) is 28.4. The minimum absolute atomic E-state index is 1.01. The van der Waals surface area contributed by atoms with Crippen LogP contribution in [0.2, 0.25) is 0 Å². The quantitative estimate of drug-likeness (QED) is 0.642. The summed E-state index contributed by atoms with van der Waals surface area (Å²) < 4.78 is 0. The van der Waals surface area contributed by atoms with E-state index in [1.165, 1.54) is 58.4 Å². The molecule has 13 heavy (non-hydrogen) atoms. The van der Waals surface area contributed by atoms with Crippen molar-refractivity contribution in [3.8, 4) is 0 Å². The van der Waals surface area contributed by atoms with Crippen LogP contribution in [0.4, 0.5) is 0 Å². The van der Waals surface area contributed by atoms with Gasteiger partial charge in [0.1, 0.15) is 0 Å². The molecule has 2 nitrogen and oxygen atoms in total. The van der Waals surface area contributed by atoms with Crippen LogP contribution in [-0.4, -0.2) is 43.2 Å². The van der Waals surface area contributed by atoms with Gasteiger partial charge in [0.2, 0.25) is 0 Å². The topological polar surface area (TPSA) is 6.48 Å². The SMILES string of the molecule is CN1CCN(CC2CCCCC2)C1. The first kappa shape index (κ1) is 9.47. The largest absolute Gasteiger partial charge is 0.292 e. The molecule has 0 aromatic rings. The Hall–Kier alpha value is -0.0800. The van der Waals surface area contributed by atoms with Crippen LogP contribution in [0.5, 0.6) is 0 Å². The summed E-state index contributed by atoms with van der Waals surface area (Å²) in [5.74, 6) is 1.01. The van der Waals surface area contributed by atoms with Gasteiger partial charge in [-0.2, -0.15) is 0 Å². The van der Waals surface area contributed by atoms with Gasteiger partial charge in [-0.1, -0.05) is 19.3 Å². The third kappa shape index (κ3) is 2.68. The molecule has 2 aliphatic rings. The standard InChI is InChI=1S/C11H22N2/c1-12-7-8-13(10-12)9-11-5-3-2-4-6-11/h11H,2-10H2,1H3. The molecule has 0 radical (unpaired) electrons. The maximum absolute atomic E-state index is 2.62. The van der Waals surface area contributed by atoms with Crippen LogP contribution in [0.3, 0.4) is 0 Å². The summed E-state index contributed by atoms with van der Waals surface area (Å²) in [6.45, 7) is 5.14. The molecule has 0 bridgehead atoms. The second-order valence-corrected chi connectivity index (χ2v) is 4.80. The van der Waals surface area contributed by atoms with E-state index in [2.05, 4.69) is 16.8 Å². The number of nitrogens with zero attached hydrogens (tertiary/aromatic N) is 2. The third-order valence-electron chi connectivity index (χ3n) is 3.48. The third-order valence-corrected chi connectivity index (χ3v) is 3.48. The summed E-state index contributed by atoms with van der Waals surface area (Å²) in [5.41, 5.74) is 0. The van der Waals surface area contributed by atoms with Gasteiger partial charge in [-0.3, -0.25) is 9.80 Å². The molecule has 0 N–H and O–H groups in total. The zero-order valence-corrected chi connectivity index (χ0v) is 8.84. The van der Waals surface area contributed by atoms with Crippen LogP contribution in [-0.2, 0) is 0 Å². The summed E-state index contributed by atoms with van der Waals surface area (Å²) in [6, 6.07) is 0. The van der Waals surface area contributed by atoms with Crippen molar-refractivity contribution in [3.63, 3.8) is 0 Å². The lowest BCUT2D eigenvalue weighted by molar-refractivity contribution is 0.208. The van der Waals surface area contributed by atoms with Crippen molar-refractivity contribution in [3.05, 3.63) is 0 Å². The van der Waals surface area contributed by atoms with Gasteiger partial charge < -0.3 is 0 Å². The fraction of sp³-hybridized carbons (Fsp3) is 1.00. The van der Waals surface area contributed by atoms with Gasteiger partial charge in [0, 0.05) is 19.6 Å². The van der Waals surface area contributed by atoms with Gasteiger partial charge in [-0.15, -0.1) is 0 Å². The predicted molar refractivity (Wildman–Crippen MR) is 55.6 cm³/mol. The van der Waals surface area contributed by atoms with Crippen molar-refractivity contribution in [2.24, 2.45) is 5.92 Å². The zero-order valence-electron chi connectivity index (χ0n) is 8.84. The number of hydrogen-bond acceptors (Lipinski definition) is 2. The van der Waals surface area contributed by atoms with E-state index in [0.29, 0.717) is 0 Å². The minimum Gasteiger partial charge on any atom is -0.292 e. The van der Waals surface area contributed by atoms with Gasteiger partial charge in [0.15, 0.2) is 0 Å². The Labute approximate surface area is 81.9 Å². The van der Waals surface area contributed by atoms with E-state index in [9.17, 15) is 0 Å². The number of rotatable bonds is 2. The Balaban J connectivity index is 1.71. The zero-order chi connectivity index (χ0) is 9.10. The smallest absolute Gasteiger partial charge is 0.0504 e. The maximum atomic E-state index is 2.62. The molecule has 0 spiro atoms. The van der Waals surface area contributed by atoms with E-state index < -0.39 is 0 Å². The van der Waals surface area contributed by atoms with Crippen molar-refractivity contribution in [2.45, 2.75) is 32.1 Å². The molecule has 0 aromatic heterocycles. The summed E-state index contributed by atoms with van der Waals surface area (Å²) in [7, 11) is 2.22. The Kier molecular flexibility index (Phi) is 3.23. The van der Waals surface area contributed by atoms with E-state index >= 15 is 0 Å². The lowest BCUT2D eigenvalue weighted by Crippen LogP contribution is -2.29. The van der Waals surface area contributed by atoms with Crippen molar-refractivity contribution >= 4 is 0 Å². The molecular weight excluding hydrogens is 160 g/mol. The second-order valence-electron chi connectivity index (χ2n) is 4.80. The van der Waals surface area contributed by atoms with Crippen molar-refractivity contribution in [1.82, 2.24) is 9.80 Å². The Morgan fingerprint density at radius 3 is 2.46 bits per heavy atom. The predicted octanol–water partition coefficient (Wildman–Crippen LogP) is 1.77. The molecule has 1 aliphatic carbocycles. The molecule has 1 saturated carbocycles. The van der Waals surface area contributed by atoms with Crippen molar-refractivity contribution in [2.75, 3.05) is 33.4 Å². The van der Waals surface area contributed by atoms with Gasteiger partial charge in [0.05, 0.1) is 6.67 Å². The van der Waals surface area contributed by atoms with Crippen molar-refractivity contribution < 1.29 is 0 Å². The van der Waals surface area contributed by atoms with E-state index in [4.69, 9.17) is 0 Å². The van der Waals surface area contributed by atoms with Crippen LogP contribution in [0, 0.1) is 5.92 Å². The molecule has 2 heteroatoms. The van der Waals surface area contributed by atoms with E-state index in [-0.39, 0.29) is 0 Å². The Morgan fingerprint density at radius 2 is 1.85 bits per heavy atom. The second kappa shape index (κ2) is 4.43. The maximum Gasteiger partial charge on any atom is 0.0504 e. The summed E-state index contributed by atoms with van der Waals surface area (Å²) in [4.78, 5) is 5.04. The fourth-order valence-electron chi connectivity index (χ4n) is 2.68. The first-order valence-electron chi connectivity index (χ1n) is 5.75. The molecule has 1 heterocycles. The van der Waals surface area contributed by atoms with Crippen LogP contribution >= 0.6 is 0 Å². The van der Waals surface area contributed by atoms with E-state index in [1.54, 1.807) is 0 Å². The van der Waals surface area contributed by atoms with Crippen LogP contribution in [0.15, 0.2) is 0 Å². The molecule has 0 atom stereocenters. The molecule has 76 valence electrons. The van der Waals surface area contributed by atoms with E-state index in [0.717, 1.165) is 5.92 Å². The Bertz CT molecular complexity index is 149. The molecule has 0 unspecified atom stereocenters. The lowest BCUT2D eigenvalue weighted by Gasteiger charge is -2.26. The highest BCUT2D eigenvalue weighted by Gasteiger charge is 2.21. The Morgan fingerprint density at radius 1 is 1.08 bits per heavy atom. The highest BCUT2D eigenvalue weighted by Crippen LogP contribution is 2.24. The highest BCUT2D eigenvalue weighted by molar-refractivity contribution is 4.74. The molecular formula is C11H22N2. The van der Waals surface area contributed by atoms with Gasteiger partial charge >= 0.3 is 0 Å². The minimum atomic E-state index is 1.01. The van der Waals surface area contributed by atoms with Gasteiger partial charge in [0.25, 0.3) is 0 Å². The van der Waals surface area contributed by atoms with Crippen LogP contribution in [0.25, 0.3) is 0 Å². The molecule has 0 aromatic carbocycles. The highest BCUT2D eigenvalue weighted by atomic mass is 15.4. The molecule has 1 saturated heterocycles.